The van der Waals surface area contributed by atoms with E-state index in [1.54, 1.807) is 12.5 Å². The van der Waals surface area contributed by atoms with Gasteiger partial charge < -0.3 is 13.9 Å². The third-order valence-electron chi connectivity index (χ3n) is 7.89. The van der Waals surface area contributed by atoms with Gasteiger partial charge in [-0.15, -0.1) is 0 Å². The average Bonchev–Trinajstić information content (AvgIpc) is 2.93. The van der Waals surface area contributed by atoms with E-state index in [-0.39, 0.29) is 35.3 Å². The second-order valence-corrected chi connectivity index (χ2v) is 8.61. The van der Waals surface area contributed by atoms with Crippen LogP contribution in [0.4, 0.5) is 0 Å². The highest BCUT2D eigenvalue weighted by Crippen LogP contribution is 2.81. The van der Waals surface area contributed by atoms with E-state index in [2.05, 4.69) is 6.92 Å². The van der Waals surface area contributed by atoms with Gasteiger partial charge in [-0.2, -0.15) is 0 Å². The monoisotopic (exact) mass is 356 g/mol. The Morgan fingerprint density at radius 3 is 3.00 bits per heavy atom. The number of carbonyl (C=O) groups excluding carboxylic acids is 2. The highest BCUT2D eigenvalue weighted by Gasteiger charge is 2.83. The molecule has 138 valence electrons. The second kappa shape index (κ2) is 5.02. The van der Waals surface area contributed by atoms with E-state index in [0.29, 0.717) is 0 Å². The molecular formula is C21H24O5. The molecule has 2 saturated carbocycles. The summed E-state index contributed by atoms with van der Waals surface area (Å²) >= 11 is 0. The lowest BCUT2D eigenvalue weighted by Crippen LogP contribution is -2.52. The summed E-state index contributed by atoms with van der Waals surface area (Å²) in [4.78, 5) is 25.8. The lowest BCUT2D eigenvalue weighted by Gasteiger charge is -2.49. The fraction of sp³-hybridized carbons (Fsp3) is 0.619. The van der Waals surface area contributed by atoms with Gasteiger partial charge in [0.15, 0.2) is 0 Å². The number of methoxy groups -OCH3 is 1. The number of carbonyl (C=O) groups is 2. The molecule has 0 bridgehead atoms. The molecule has 4 aliphatic rings. The van der Waals surface area contributed by atoms with E-state index >= 15 is 0 Å². The first-order valence-corrected chi connectivity index (χ1v) is 9.50. The average molecular weight is 356 g/mol. The van der Waals surface area contributed by atoms with Crippen molar-refractivity contribution in [3.63, 3.8) is 0 Å². The van der Waals surface area contributed by atoms with Crippen LogP contribution in [0.3, 0.4) is 0 Å². The Hall–Kier alpha value is -2.04. The Morgan fingerprint density at radius 1 is 1.42 bits per heavy atom. The number of ether oxygens (including phenoxy) is 2. The van der Waals surface area contributed by atoms with Crippen molar-refractivity contribution in [1.82, 2.24) is 0 Å². The number of aryl methyl sites for hydroxylation is 1. The minimum absolute atomic E-state index is 0.0576. The highest BCUT2D eigenvalue weighted by atomic mass is 16.6. The van der Waals surface area contributed by atoms with Crippen molar-refractivity contribution >= 4 is 11.9 Å². The van der Waals surface area contributed by atoms with Crippen molar-refractivity contribution in [2.24, 2.45) is 28.1 Å². The van der Waals surface area contributed by atoms with Gasteiger partial charge in [0.1, 0.15) is 6.10 Å². The summed E-state index contributed by atoms with van der Waals surface area (Å²) in [6.45, 7) is 2.17. The van der Waals surface area contributed by atoms with Crippen molar-refractivity contribution < 1.29 is 23.5 Å². The maximum atomic E-state index is 13.2. The molecule has 0 radical (unpaired) electrons. The number of hydrogen-bond donors (Lipinski definition) is 0. The minimum atomic E-state index is -0.558. The maximum absolute atomic E-state index is 13.2. The lowest BCUT2D eigenvalue weighted by atomic mass is 9.51. The fourth-order valence-electron chi connectivity index (χ4n) is 6.53. The van der Waals surface area contributed by atoms with Crippen LogP contribution in [0.2, 0.25) is 0 Å². The predicted octanol–water partition coefficient (Wildman–Crippen LogP) is 3.29. The molecule has 5 nitrogen and oxygen atoms in total. The molecule has 5 heteroatoms. The minimum Gasteiger partial charge on any atom is -0.472 e. The number of furan rings is 1. The van der Waals surface area contributed by atoms with Crippen molar-refractivity contribution in [1.29, 1.82) is 0 Å². The van der Waals surface area contributed by atoms with Crippen LogP contribution < -0.4 is 0 Å². The molecule has 1 aliphatic heterocycles. The van der Waals surface area contributed by atoms with Crippen molar-refractivity contribution in [3.8, 4) is 0 Å². The molecule has 1 aromatic rings. The molecule has 1 saturated heterocycles. The van der Waals surface area contributed by atoms with Crippen LogP contribution in [-0.2, 0) is 25.5 Å². The summed E-state index contributed by atoms with van der Waals surface area (Å²) in [6, 6.07) is 1.95. The molecule has 1 aromatic heterocycles. The van der Waals surface area contributed by atoms with Gasteiger partial charge in [-0.05, 0) is 61.1 Å². The van der Waals surface area contributed by atoms with Crippen LogP contribution in [0.15, 0.2) is 35.2 Å². The second-order valence-electron chi connectivity index (χ2n) is 8.61. The smallest absolute Gasteiger partial charge is 0.316 e. The van der Waals surface area contributed by atoms with Gasteiger partial charge in [0, 0.05) is 5.92 Å². The van der Waals surface area contributed by atoms with Crippen LogP contribution in [0.25, 0.3) is 0 Å². The molecule has 0 unspecified atom stereocenters. The van der Waals surface area contributed by atoms with Crippen LogP contribution in [0.1, 0.15) is 38.2 Å². The van der Waals surface area contributed by atoms with Gasteiger partial charge in [-0.3, -0.25) is 9.59 Å². The maximum Gasteiger partial charge on any atom is 0.316 e. The van der Waals surface area contributed by atoms with E-state index in [1.807, 2.05) is 18.2 Å². The molecule has 0 amide bonds. The summed E-state index contributed by atoms with van der Waals surface area (Å²) in [5, 5.41) is 0. The summed E-state index contributed by atoms with van der Waals surface area (Å²) in [7, 11) is 1.46. The van der Waals surface area contributed by atoms with E-state index in [1.165, 1.54) is 7.11 Å². The van der Waals surface area contributed by atoms with Gasteiger partial charge in [-0.1, -0.05) is 13.0 Å². The van der Waals surface area contributed by atoms with E-state index in [9.17, 15) is 9.59 Å². The largest absolute Gasteiger partial charge is 0.472 e. The summed E-state index contributed by atoms with van der Waals surface area (Å²) < 4.78 is 16.2. The van der Waals surface area contributed by atoms with Gasteiger partial charge >= 0.3 is 11.9 Å². The number of esters is 2. The first-order chi connectivity index (χ1) is 12.5. The van der Waals surface area contributed by atoms with E-state index in [0.717, 1.165) is 37.7 Å². The Balaban J connectivity index is 1.57. The van der Waals surface area contributed by atoms with Gasteiger partial charge in [0.25, 0.3) is 0 Å². The summed E-state index contributed by atoms with van der Waals surface area (Å²) in [5.41, 5.74) is -0.170. The standard InChI is InChI=1S/C21H24O5/c1-13-3-7-19-12-20(19,17(22)24-2)8-5-15-16(19)21(13,18(23)26-15)9-4-14-6-10-25-11-14/h5-6,8,10-11,13,15-16H,3-4,7,9,12H2,1-2H3/t13-,15+,16+,19+,20+,21-/m1/s1. The number of rotatable bonds is 4. The third-order valence-corrected chi connectivity index (χ3v) is 7.89. The molecule has 3 aliphatic carbocycles. The zero-order valence-electron chi connectivity index (χ0n) is 15.2. The quantitative estimate of drug-likeness (QED) is 0.612. The first kappa shape index (κ1) is 16.2. The topological polar surface area (TPSA) is 65.7 Å². The molecule has 1 spiro atoms. The van der Waals surface area contributed by atoms with Gasteiger partial charge in [0.2, 0.25) is 0 Å². The van der Waals surface area contributed by atoms with E-state index in [4.69, 9.17) is 13.9 Å². The predicted molar refractivity (Wildman–Crippen MR) is 91.9 cm³/mol. The van der Waals surface area contributed by atoms with Gasteiger partial charge in [0.05, 0.1) is 30.5 Å². The van der Waals surface area contributed by atoms with Crippen LogP contribution in [0.5, 0.6) is 0 Å². The normalized spacial score (nSPS) is 44.8. The molecule has 3 fully saturated rings. The van der Waals surface area contributed by atoms with Crippen molar-refractivity contribution in [3.05, 3.63) is 36.3 Å². The van der Waals surface area contributed by atoms with Crippen LogP contribution in [0, 0.1) is 28.1 Å². The summed E-state index contributed by atoms with van der Waals surface area (Å²) in [5.74, 6) is 0.0526. The Kier molecular flexibility index (Phi) is 3.12. The molecule has 0 N–H and O–H groups in total. The molecular weight excluding hydrogens is 332 g/mol. The summed E-state index contributed by atoms with van der Waals surface area (Å²) in [6.07, 6.45) is 11.3. The lowest BCUT2D eigenvalue weighted by molar-refractivity contribution is -0.155. The number of hydrogen-bond acceptors (Lipinski definition) is 5. The Bertz CT molecular complexity index is 795. The van der Waals surface area contributed by atoms with Gasteiger partial charge in [-0.25, -0.2) is 0 Å². The molecule has 0 aromatic carbocycles. The Labute approximate surface area is 152 Å². The van der Waals surface area contributed by atoms with Crippen LogP contribution >= 0.6 is 0 Å². The Morgan fingerprint density at radius 2 is 2.27 bits per heavy atom. The zero-order valence-corrected chi connectivity index (χ0v) is 15.2. The molecule has 6 atom stereocenters. The van der Waals surface area contributed by atoms with Crippen molar-refractivity contribution in [2.75, 3.05) is 7.11 Å². The molecule has 2 heterocycles. The molecule has 26 heavy (non-hydrogen) atoms. The SMILES string of the molecule is COC(=O)[C@@]12C=C[C@@H]3OC(=O)[C@]4(CCc5ccoc5)[C@H](C)CC[C@]1(C2)[C@H]34. The zero-order chi connectivity index (χ0) is 18.2. The van der Waals surface area contributed by atoms with Crippen LogP contribution in [-0.4, -0.2) is 25.2 Å². The fourth-order valence-corrected chi connectivity index (χ4v) is 6.53. The van der Waals surface area contributed by atoms with Crippen molar-refractivity contribution in [2.45, 2.75) is 45.1 Å². The highest BCUT2D eigenvalue weighted by molar-refractivity contribution is 5.88. The first-order valence-electron chi connectivity index (χ1n) is 9.50. The molecule has 5 rings (SSSR count). The third kappa shape index (κ3) is 1.67. The van der Waals surface area contributed by atoms with E-state index < -0.39 is 10.8 Å².